The van der Waals surface area contributed by atoms with Crippen molar-refractivity contribution in [3.05, 3.63) is 85.1 Å². The normalized spacial score (nSPS) is 19.6. The predicted octanol–water partition coefficient (Wildman–Crippen LogP) is 15.8. The van der Waals surface area contributed by atoms with Gasteiger partial charge in [0.05, 0.1) is 25.4 Å². The van der Waals surface area contributed by atoms with E-state index in [4.69, 9.17) is 9.47 Å². The molecule has 0 radical (unpaired) electrons. The summed E-state index contributed by atoms with van der Waals surface area (Å²) in [6.07, 6.45) is 69.8. The van der Waals surface area contributed by atoms with Gasteiger partial charge in [0.1, 0.15) is 24.4 Å². The van der Waals surface area contributed by atoms with Crippen LogP contribution < -0.4 is 5.32 Å². The van der Waals surface area contributed by atoms with Gasteiger partial charge in [0.15, 0.2) is 6.29 Å². The fourth-order valence-corrected chi connectivity index (χ4v) is 9.34. The van der Waals surface area contributed by atoms with Crippen molar-refractivity contribution in [2.75, 3.05) is 13.2 Å². The molecule has 0 aliphatic carbocycles. The highest BCUT2D eigenvalue weighted by atomic mass is 16.7. The summed E-state index contributed by atoms with van der Waals surface area (Å²) in [5, 5.41) is 54.3. The summed E-state index contributed by atoms with van der Waals surface area (Å²) < 4.78 is 11.2. The Bertz CT molecular complexity index is 1440. The molecule has 74 heavy (non-hydrogen) atoms. The Morgan fingerprint density at radius 2 is 0.851 bits per heavy atom. The van der Waals surface area contributed by atoms with E-state index >= 15 is 0 Å². The summed E-state index contributed by atoms with van der Waals surface area (Å²) in [4.78, 5) is 13.0. The van der Waals surface area contributed by atoms with Crippen LogP contribution in [0.3, 0.4) is 0 Å². The highest BCUT2D eigenvalue weighted by Crippen LogP contribution is 2.23. The molecule has 1 aliphatic rings. The minimum absolute atomic E-state index is 0.190. The molecule has 1 amide bonds. The molecule has 0 spiro atoms. The zero-order valence-corrected chi connectivity index (χ0v) is 47.6. The molecule has 1 heterocycles. The zero-order valence-electron chi connectivity index (χ0n) is 47.6. The number of hydrogen-bond acceptors (Lipinski definition) is 8. The molecular formula is C65H115NO8. The smallest absolute Gasteiger partial charge is 0.220 e. The van der Waals surface area contributed by atoms with E-state index < -0.39 is 49.5 Å². The molecule has 7 atom stereocenters. The number of rotatable bonds is 52. The Morgan fingerprint density at radius 1 is 0.473 bits per heavy atom. The van der Waals surface area contributed by atoms with E-state index in [-0.39, 0.29) is 12.5 Å². The molecule has 428 valence electrons. The van der Waals surface area contributed by atoms with E-state index in [1.54, 1.807) is 6.08 Å². The maximum absolute atomic E-state index is 13.0. The van der Waals surface area contributed by atoms with Gasteiger partial charge in [0.2, 0.25) is 5.91 Å². The molecule has 0 aromatic rings. The number of ether oxygens (including phenoxy) is 2. The number of allylic oxidation sites excluding steroid dienone is 13. The van der Waals surface area contributed by atoms with Crippen molar-refractivity contribution in [1.29, 1.82) is 0 Å². The Hall–Kier alpha value is -2.63. The summed E-state index contributed by atoms with van der Waals surface area (Å²) in [7, 11) is 0. The van der Waals surface area contributed by atoms with E-state index in [0.29, 0.717) is 6.42 Å². The quantitative estimate of drug-likeness (QED) is 0.0261. The Balaban J connectivity index is 2.04. The van der Waals surface area contributed by atoms with Crippen LogP contribution in [0.5, 0.6) is 0 Å². The van der Waals surface area contributed by atoms with Crippen molar-refractivity contribution in [2.45, 2.75) is 307 Å². The van der Waals surface area contributed by atoms with Crippen LogP contribution in [0.15, 0.2) is 85.1 Å². The molecule has 9 nitrogen and oxygen atoms in total. The molecule has 7 unspecified atom stereocenters. The van der Waals surface area contributed by atoms with Crippen molar-refractivity contribution in [2.24, 2.45) is 0 Å². The van der Waals surface area contributed by atoms with Crippen LogP contribution in [0.4, 0.5) is 0 Å². The number of carbonyl (C=O) groups excluding carboxylic acids is 1. The number of aliphatic hydroxyl groups is 5. The minimum Gasteiger partial charge on any atom is -0.394 e. The SMILES string of the molecule is CC/C=C\C/C=C\C/C=C\C/C=C\CCCCCCCCCCCCCCCCCCCCCCCCCCCCC(=O)NC(COC1OC(CO)C(O)C(O)C1O)C(O)/C=C/CC/C=C/CC/C=C/CCCC. The van der Waals surface area contributed by atoms with Gasteiger partial charge in [0, 0.05) is 6.42 Å². The first kappa shape index (κ1) is 69.4. The third kappa shape index (κ3) is 42.5. The second kappa shape index (κ2) is 53.8. The average molecular weight is 1040 g/mol. The van der Waals surface area contributed by atoms with Crippen LogP contribution in [0.1, 0.15) is 264 Å². The molecule has 9 heteroatoms. The van der Waals surface area contributed by atoms with E-state index in [1.807, 2.05) is 6.08 Å². The highest BCUT2D eigenvalue weighted by Gasteiger charge is 2.44. The second-order valence-corrected chi connectivity index (χ2v) is 21.1. The first-order chi connectivity index (χ1) is 36.3. The van der Waals surface area contributed by atoms with Crippen LogP contribution >= 0.6 is 0 Å². The maximum Gasteiger partial charge on any atom is 0.220 e. The van der Waals surface area contributed by atoms with E-state index in [9.17, 15) is 30.3 Å². The number of nitrogens with one attached hydrogen (secondary N) is 1. The largest absolute Gasteiger partial charge is 0.394 e. The zero-order chi connectivity index (χ0) is 53.6. The second-order valence-electron chi connectivity index (χ2n) is 21.1. The summed E-state index contributed by atoms with van der Waals surface area (Å²) in [6.45, 7) is 3.60. The van der Waals surface area contributed by atoms with E-state index in [1.165, 1.54) is 167 Å². The maximum atomic E-state index is 13.0. The number of aliphatic hydroxyl groups excluding tert-OH is 5. The molecule has 1 saturated heterocycles. The third-order valence-electron chi connectivity index (χ3n) is 14.2. The van der Waals surface area contributed by atoms with Gasteiger partial charge >= 0.3 is 0 Å². The van der Waals surface area contributed by atoms with Crippen molar-refractivity contribution in [3.63, 3.8) is 0 Å². The Kier molecular flexibility index (Phi) is 50.4. The molecule has 1 rings (SSSR count). The van der Waals surface area contributed by atoms with Gasteiger partial charge < -0.3 is 40.3 Å². The Labute approximate surface area is 454 Å². The number of amides is 1. The summed E-state index contributed by atoms with van der Waals surface area (Å²) in [5.41, 5.74) is 0. The summed E-state index contributed by atoms with van der Waals surface area (Å²) in [6, 6.07) is -0.828. The molecule has 6 N–H and O–H groups in total. The Morgan fingerprint density at radius 3 is 1.30 bits per heavy atom. The van der Waals surface area contributed by atoms with Crippen LogP contribution in [-0.4, -0.2) is 87.5 Å². The topological polar surface area (TPSA) is 149 Å². The summed E-state index contributed by atoms with van der Waals surface area (Å²) >= 11 is 0. The monoisotopic (exact) mass is 1040 g/mol. The van der Waals surface area contributed by atoms with Crippen molar-refractivity contribution in [3.8, 4) is 0 Å². The molecule has 0 aromatic heterocycles. The van der Waals surface area contributed by atoms with Crippen molar-refractivity contribution in [1.82, 2.24) is 5.32 Å². The van der Waals surface area contributed by atoms with Crippen LogP contribution in [0.2, 0.25) is 0 Å². The molecule has 1 fully saturated rings. The van der Waals surface area contributed by atoms with E-state index in [2.05, 4.69) is 92.1 Å². The average Bonchev–Trinajstić information content (AvgIpc) is 3.40. The molecular weight excluding hydrogens is 923 g/mol. The molecule has 0 saturated carbocycles. The van der Waals surface area contributed by atoms with Gasteiger partial charge in [-0.25, -0.2) is 0 Å². The lowest BCUT2D eigenvalue weighted by Crippen LogP contribution is -2.60. The highest BCUT2D eigenvalue weighted by molar-refractivity contribution is 5.76. The fourth-order valence-electron chi connectivity index (χ4n) is 9.34. The van der Waals surface area contributed by atoms with Crippen LogP contribution in [0, 0.1) is 0 Å². The van der Waals surface area contributed by atoms with Gasteiger partial charge in [-0.2, -0.15) is 0 Å². The van der Waals surface area contributed by atoms with E-state index in [0.717, 1.165) is 77.0 Å². The van der Waals surface area contributed by atoms with Crippen molar-refractivity contribution < 1.29 is 39.8 Å². The number of unbranched alkanes of at least 4 members (excludes halogenated alkanes) is 30. The van der Waals surface area contributed by atoms with Gasteiger partial charge in [0.25, 0.3) is 0 Å². The summed E-state index contributed by atoms with van der Waals surface area (Å²) in [5.74, 6) is -0.190. The molecule has 0 aromatic carbocycles. The van der Waals surface area contributed by atoms with Gasteiger partial charge in [-0.15, -0.1) is 0 Å². The lowest BCUT2D eigenvalue weighted by atomic mass is 9.99. The lowest BCUT2D eigenvalue weighted by molar-refractivity contribution is -0.302. The first-order valence-corrected chi connectivity index (χ1v) is 30.8. The van der Waals surface area contributed by atoms with Crippen LogP contribution in [0.25, 0.3) is 0 Å². The van der Waals surface area contributed by atoms with Gasteiger partial charge in [-0.1, -0.05) is 266 Å². The standard InChI is InChI=1S/C65H115NO8/c1-3-5-7-9-11-13-15-17-18-19-20-21-22-23-24-25-26-27-28-29-30-31-32-33-34-35-36-37-38-39-40-41-42-43-45-47-49-51-53-55-61(69)66-58(57-73-65-64(72)63(71)62(70)60(56-67)74-65)59(68)54-52-50-48-46-44-16-14-12-10-8-6-4-2/h5,7,10-13,17-18,20-21,44,46,52,54,58-60,62-65,67-68,70-72H,3-4,6,8-9,14-16,19,22-43,45,47-51,53,55-57H2,1-2H3,(H,66,69)/b7-5-,12-10+,13-11-,18-17-,21-20-,46-44+,54-52+. The fraction of sp³-hybridized carbons (Fsp3) is 0.769. The van der Waals surface area contributed by atoms with Crippen molar-refractivity contribution >= 4 is 5.91 Å². The third-order valence-corrected chi connectivity index (χ3v) is 14.2. The first-order valence-electron chi connectivity index (χ1n) is 30.8. The number of hydrogen-bond donors (Lipinski definition) is 6. The minimum atomic E-state index is -1.58. The van der Waals surface area contributed by atoms with Gasteiger partial charge in [-0.05, 0) is 77.0 Å². The predicted molar refractivity (Wildman–Crippen MR) is 313 cm³/mol. The van der Waals surface area contributed by atoms with Gasteiger partial charge in [-0.3, -0.25) is 4.79 Å². The number of carbonyl (C=O) groups is 1. The molecule has 0 bridgehead atoms. The lowest BCUT2D eigenvalue weighted by Gasteiger charge is -2.40. The molecule has 1 aliphatic heterocycles. The van der Waals surface area contributed by atoms with Crippen LogP contribution in [-0.2, 0) is 14.3 Å².